The highest BCUT2D eigenvalue weighted by atomic mass is 32.1. The van der Waals surface area contributed by atoms with Crippen LogP contribution in [0.2, 0.25) is 0 Å². The Hall–Kier alpha value is -3.66. The molecule has 7 nitrogen and oxygen atoms in total. The van der Waals surface area contributed by atoms with Crippen molar-refractivity contribution < 1.29 is 18.3 Å². The maximum absolute atomic E-state index is 14.3. The van der Waals surface area contributed by atoms with Crippen molar-refractivity contribution >= 4 is 17.2 Å². The van der Waals surface area contributed by atoms with Crippen LogP contribution in [-0.4, -0.2) is 32.3 Å². The van der Waals surface area contributed by atoms with E-state index in [0.717, 1.165) is 28.6 Å². The number of thiazole rings is 1. The lowest BCUT2D eigenvalue weighted by Crippen LogP contribution is -2.11. The summed E-state index contributed by atoms with van der Waals surface area (Å²) in [5, 5.41) is 4.56. The van der Waals surface area contributed by atoms with E-state index in [0.29, 0.717) is 40.9 Å². The maximum atomic E-state index is 14.3. The number of nitrogens with zero attached hydrogens (tertiary/aromatic N) is 4. The van der Waals surface area contributed by atoms with E-state index in [2.05, 4.69) is 10.1 Å². The molecule has 0 unspecified atom stereocenters. The van der Waals surface area contributed by atoms with Crippen molar-refractivity contribution in [2.75, 3.05) is 6.61 Å². The predicted octanol–water partition coefficient (Wildman–Crippen LogP) is 3.37. The molecule has 30 heavy (non-hydrogen) atoms. The molecule has 1 aliphatic heterocycles. The zero-order valence-electron chi connectivity index (χ0n) is 15.3. The van der Waals surface area contributed by atoms with Gasteiger partial charge in [0.05, 0.1) is 12.3 Å². The van der Waals surface area contributed by atoms with E-state index in [1.54, 1.807) is 18.2 Å². The minimum Gasteiger partial charge on any atom is -0.492 e. The average Bonchev–Trinajstić information content (AvgIpc) is 3.33. The van der Waals surface area contributed by atoms with Crippen LogP contribution in [-0.2, 0) is 6.42 Å². The van der Waals surface area contributed by atoms with Crippen molar-refractivity contribution in [1.29, 1.82) is 0 Å². The Morgan fingerprint density at radius 1 is 1.20 bits per heavy atom. The molecule has 10 heteroatoms. The smallest absolute Gasteiger partial charge is 0.248 e. The number of amides is 1. The number of benzene rings is 2. The number of ether oxygens (including phenoxy) is 1. The topological polar surface area (TPSA) is 95.9 Å². The van der Waals surface area contributed by atoms with Gasteiger partial charge in [-0.25, -0.2) is 23.4 Å². The van der Waals surface area contributed by atoms with E-state index in [4.69, 9.17) is 15.5 Å². The zero-order valence-corrected chi connectivity index (χ0v) is 16.1. The van der Waals surface area contributed by atoms with E-state index in [-0.39, 0.29) is 5.69 Å². The second-order valence-corrected chi connectivity index (χ2v) is 7.64. The van der Waals surface area contributed by atoms with E-state index < -0.39 is 17.5 Å². The molecule has 0 bridgehead atoms. The molecule has 0 atom stereocenters. The number of rotatable bonds is 3. The van der Waals surface area contributed by atoms with Gasteiger partial charge in [-0.3, -0.25) is 4.79 Å². The molecule has 2 N–H and O–H groups in total. The zero-order chi connectivity index (χ0) is 20.8. The van der Waals surface area contributed by atoms with Gasteiger partial charge in [-0.15, -0.1) is 11.3 Å². The Labute approximate surface area is 172 Å². The van der Waals surface area contributed by atoms with E-state index in [1.165, 1.54) is 22.3 Å². The standard InChI is InChI=1S/C20H13F2N5O2S/c21-11-2-4-13(22)14(8-11)27-19(24-9-25-27)20-26-17-12-3-1-10(18(23)28)7-15(12)29-6-5-16(17)30-20/h1-4,7-9H,5-6H2,(H2,23,28). The van der Waals surface area contributed by atoms with Crippen LogP contribution >= 0.6 is 11.3 Å². The molecular formula is C20H13F2N5O2S. The third kappa shape index (κ3) is 3.01. The highest BCUT2D eigenvalue weighted by Gasteiger charge is 2.24. The van der Waals surface area contributed by atoms with Crippen LogP contribution < -0.4 is 10.5 Å². The lowest BCUT2D eigenvalue weighted by atomic mass is 10.1. The largest absolute Gasteiger partial charge is 0.492 e. The maximum Gasteiger partial charge on any atom is 0.248 e. The molecule has 0 saturated heterocycles. The Kier molecular flexibility index (Phi) is 4.28. The predicted molar refractivity (Wildman–Crippen MR) is 106 cm³/mol. The number of aromatic nitrogens is 4. The molecule has 0 saturated carbocycles. The lowest BCUT2D eigenvalue weighted by molar-refractivity contribution is 0.1000. The van der Waals surface area contributed by atoms with Crippen LogP contribution in [0.1, 0.15) is 15.2 Å². The van der Waals surface area contributed by atoms with Gasteiger partial charge in [-0.2, -0.15) is 5.10 Å². The normalized spacial score (nSPS) is 12.6. The second kappa shape index (κ2) is 6.99. The van der Waals surface area contributed by atoms with Crippen LogP contribution in [0.15, 0.2) is 42.7 Å². The van der Waals surface area contributed by atoms with E-state index >= 15 is 0 Å². The Morgan fingerprint density at radius 3 is 2.90 bits per heavy atom. The summed E-state index contributed by atoms with van der Waals surface area (Å²) < 4.78 is 34.9. The van der Waals surface area contributed by atoms with Gasteiger partial charge in [-0.05, 0) is 30.3 Å². The number of hydrogen-bond donors (Lipinski definition) is 1. The molecular weight excluding hydrogens is 412 g/mol. The van der Waals surface area contributed by atoms with Crippen LogP contribution in [0.5, 0.6) is 5.75 Å². The van der Waals surface area contributed by atoms with Crippen molar-refractivity contribution in [3.05, 3.63) is 64.8 Å². The number of primary amides is 1. The summed E-state index contributed by atoms with van der Waals surface area (Å²) in [4.78, 5) is 21.3. The van der Waals surface area contributed by atoms with Crippen LogP contribution in [0.25, 0.3) is 27.8 Å². The SMILES string of the molecule is NC(=O)c1ccc2c(c1)OCCc1sc(-c3ncnn3-c3cc(F)ccc3F)nc1-2. The Balaban J connectivity index is 1.63. The number of fused-ring (bicyclic) bond motifs is 3. The Bertz CT molecular complexity index is 1300. The molecule has 4 aromatic rings. The van der Waals surface area contributed by atoms with E-state index in [1.807, 2.05) is 0 Å². The number of nitrogens with two attached hydrogens (primary N) is 1. The fourth-order valence-electron chi connectivity index (χ4n) is 3.28. The summed E-state index contributed by atoms with van der Waals surface area (Å²) in [5.74, 6) is -0.943. The highest BCUT2D eigenvalue weighted by molar-refractivity contribution is 7.15. The monoisotopic (exact) mass is 425 g/mol. The molecule has 1 aliphatic rings. The minimum atomic E-state index is -0.626. The van der Waals surface area contributed by atoms with Gasteiger partial charge in [0.25, 0.3) is 0 Å². The molecule has 150 valence electrons. The summed E-state index contributed by atoms with van der Waals surface area (Å²) in [7, 11) is 0. The van der Waals surface area contributed by atoms with Crippen molar-refractivity contribution in [2.45, 2.75) is 6.42 Å². The molecule has 0 spiro atoms. The number of carbonyl (C=O) groups excluding carboxylic acids is 1. The molecule has 0 aliphatic carbocycles. The molecule has 3 heterocycles. The third-order valence-electron chi connectivity index (χ3n) is 4.68. The highest BCUT2D eigenvalue weighted by Crippen LogP contribution is 2.40. The number of carbonyl (C=O) groups is 1. The molecule has 2 aromatic carbocycles. The first-order valence-electron chi connectivity index (χ1n) is 8.94. The number of halogens is 2. The molecule has 5 rings (SSSR count). The van der Waals surface area contributed by atoms with Gasteiger partial charge in [0.15, 0.2) is 10.8 Å². The summed E-state index contributed by atoms with van der Waals surface area (Å²) in [6.07, 6.45) is 1.86. The van der Waals surface area contributed by atoms with Gasteiger partial charge in [0, 0.05) is 28.5 Å². The average molecular weight is 425 g/mol. The first-order valence-corrected chi connectivity index (χ1v) is 9.75. The summed E-state index contributed by atoms with van der Waals surface area (Å²) >= 11 is 1.38. The van der Waals surface area contributed by atoms with Crippen molar-refractivity contribution in [1.82, 2.24) is 19.7 Å². The van der Waals surface area contributed by atoms with Crippen LogP contribution in [0, 0.1) is 11.6 Å². The summed E-state index contributed by atoms with van der Waals surface area (Å²) in [6.45, 7) is 0.398. The van der Waals surface area contributed by atoms with Crippen molar-refractivity contribution in [3.63, 3.8) is 0 Å². The van der Waals surface area contributed by atoms with Gasteiger partial charge < -0.3 is 10.5 Å². The van der Waals surface area contributed by atoms with Gasteiger partial charge in [0.1, 0.15) is 29.4 Å². The summed E-state index contributed by atoms with van der Waals surface area (Å²) in [6, 6.07) is 8.08. The second-order valence-electron chi connectivity index (χ2n) is 6.56. The van der Waals surface area contributed by atoms with Crippen LogP contribution in [0.3, 0.4) is 0 Å². The van der Waals surface area contributed by atoms with E-state index in [9.17, 15) is 13.6 Å². The Morgan fingerprint density at radius 2 is 2.07 bits per heavy atom. The van der Waals surface area contributed by atoms with Crippen molar-refractivity contribution in [2.24, 2.45) is 5.73 Å². The molecule has 0 radical (unpaired) electrons. The van der Waals surface area contributed by atoms with Crippen molar-refractivity contribution in [3.8, 4) is 33.5 Å². The van der Waals surface area contributed by atoms with Gasteiger partial charge >= 0.3 is 0 Å². The first kappa shape index (κ1) is 18.4. The molecule has 2 aromatic heterocycles. The molecule has 1 amide bonds. The van der Waals surface area contributed by atoms with Gasteiger partial charge in [-0.1, -0.05) is 0 Å². The minimum absolute atomic E-state index is 0.0530. The van der Waals surface area contributed by atoms with Crippen LogP contribution in [0.4, 0.5) is 8.78 Å². The van der Waals surface area contributed by atoms with Gasteiger partial charge in [0.2, 0.25) is 5.91 Å². The summed E-state index contributed by atoms with van der Waals surface area (Å²) in [5.41, 5.74) is 7.06. The molecule has 0 fully saturated rings. The quantitative estimate of drug-likeness (QED) is 0.543. The third-order valence-corrected chi connectivity index (χ3v) is 5.79. The fraction of sp³-hybridized carbons (Fsp3) is 0.100. The fourth-order valence-corrected chi connectivity index (χ4v) is 4.32. The first-order chi connectivity index (χ1) is 14.5. The number of hydrogen-bond acceptors (Lipinski definition) is 6. The lowest BCUT2D eigenvalue weighted by Gasteiger charge is -2.08.